The lowest BCUT2D eigenvalue weighted by molar-refractivity contribution is -0.501. The highest BCUT2D eigenvalue weighted by atomic mass is 16.6. The second-order valence-corrected chi connectivity index (χ2v) is 3.40. The second kappa shape index (κ2) is 3.82. The van der Waals surface area contributed by atoms with E-state index in [0.29, 0.717) is 4.76 Å². The van der Waals surface area contributed by atoms with Crippen LogP contribution in [0.1, 0.15) is 5.56 Å². The first-order chi connectivity index (χ1) is 7.65. The summed E-state index contributed by atoms with van der Waals surface area (Å²) in [4.78, 5) is 22.0. The van der Waals surface area contributed by atoms with Crippen LogP contribution in [0, 0.1) is 15.0 Å². The summed E-state index contributed by atoms with van der Waals surface area (Å²) in [5, 5.41) is 19.8. The van der Waals surface area contributed by atoms with Crippen molar-refractivity contribution in [3.63, 3.8) is 0 Å². The van der Waals surface area contributed by atoms with Crippen LogP contribution in [0.5, 0.6) is 0 Å². The summed E-state index contributed by atoms with van der Waals surface area (Å²) in [5.41, 5.74) is 0.365. The van der Waals surface area contributed by atoms with Gasteiger partial charge in [-0.3, -0.25) is 10.1 Å². The molecule has 0 aliphatic carbocycles. The van der Waals surface area contributed by atoms with E-state index < -0.39 is 17.6 Å². The number of aliphatic hydroxyl groups excluding tert-OH is 1. The van der Waals surface area contributed by atoms with Crippen LogP contribution in [-0.2, 0) is 0 Å². The Hall–Kier alpha value is -2.08. The molecule has 0 saturated heterocycles. The van der Waals surface area contributed by atoms with E-state index in [1.165, 1.54) is 18.2 Å². The van der Waals surface area contributed by atoms with E-state index in [1.807, 2.05) is 0 Å². The fourth-order valence-corrected chi connectivity index (χ4v) is 1.69. The Morgan fingerprint density at radius 2 is 2.12 bits per heavy atom. The van der Waals surface area contributed by atoms with E-state index in [1.54, 1.807) is 12.1 Å². The van der Waals surface area contributed by atoms with E-state index in [9.17, 15) is 15.0 Å². The molecule has 1 aromatic rings. The fourth-order valence-electron chi connectivity index (χ4n) is 1.69. The van der Waals surface area contributed by atoms with Gasteiger partial charge in [-0.2, -0.15) is 0 Å². The van der Waals surface area contributed by atoms with Gasteiger partial charge in [-0.15, -0.1) is 0 Å². The number of para-hydroxylation sites is 1. The molecule has 1 atom stereocenters. The third-order valence-corrected chi connectivity index (χ3v) is 2.45. The normalized spacial score (nSPS) is 18.9. The Kier molecular flexibility index (Phi) is 2.49. The van der Waals surface area contributed by atoms with Crippen LogP contribution in [0.15, 0.2) is 30.3 Å². The molecular formula is C10H9N2O4+. The minimum absolute atomic E-state index is 0.137. The summed E-state index contributed by atoms with van der Waals surface area (Å²) in [6.07, 6.45) is 1.18. The molecule has 0 radical (unpaired) electrons. The van der Waals surface area contributed by atoms with E-state index in [2.05, 4.69) is 0 Å². The molecule has 0 amide bonds. The minimum atomic E-state index is -0.893. The number of hydrogen-bond acceptors (Lipinski definition) is 4. The summed E-state index contributed by atoms with van der Waals surface area (Å²) < 4.78 is 0.586. The van der Waals surface area contributed by atoms with Gasteiger partial charge in [0, 0.05) is 15.7 Å². The van der Waals surface area contributed by atoms with Crippen molar-refractivity contribution >= 4 is 11.4 Å². The SMILES string of the molecule is O=[N+]([O-])C1=CC(CO)[N+](=O)c2ccccc21. The minimum Gasteiger partial charge on any atom is -0.389 e. The summed E-state index contributed by atoms with van der Waals surface area (Å²) >= 11 is 0. The molecule has 6 heteroatoms. The molecule has 2 rings (SSSR count). The Labute approximate surface area is 90.5 Å². The molecular weight excluding hydrogens is 212 g/mol. The maximum absolute atomic E-state index is 11.7. The number of fused-ring (bicyclic) bond motifs is 1. The summed E-state index contributed by atoms with van der Waals surface area (Å²) in [6, 6.07) is 5.38. The third kappa shape index (κ3) is 1.49. The van der Waals surface area contributed by atoms with Crippen LogP contribution >= 0.6 is 0 Å². The molecule has 0 aromatic heterocycles. The molecule has 16 heavy (non-hydrogen) atoms. The van der Waals surface area contributed by atoms with Crippen molar-refractivity contribution < 1.29 is 14.8 Å². The Bertz CT molecular complexity index is 495. The van der Waals surface area contributed by atoms with Gasteiger partial charge in [0.25, 0.3) is 17.4 Å². The lowest BCUT2D eigenvalue weighted by Crippen LogP contribution is -2.27. The van der Waals surface area contributed by atoms with Gasteiger partial charge in [-0.05, 0) is 6.07 Å². The van der Waals surface area contributed by atoms with E-state index >= 15 is 0 Å². The number of aliphatic hydroxyl groups is 1. The summed E-state index contributed by atoms with van der Waals surface area (Å²) in [5.74, 6) is 0. The molecule has 1 heterocycles. The number of benzene rings is 1. The van der Waals surface area contributed by atoms with Crippen LogP contribution < -0.4 is 0 Å². The maximum atomic E-state index is 11.7. The van der Waals surface area contributed by atoms with Gasteiger partial charge < -0.3 is 5.11 Å². The van der Waals surface area contributed by atoms with Gasteiger partial charge in [0.05, 0.1) is 11.0 Å². The highest BCUT2D eigenvalue weighted by Crippen LogP contribution is 2.32. The number of nitrogens with zero attached hydrogens (tertiary/aromatic N) is 2. The number of hydrogen-bond donors (Lipinski definition) is 1. The molecule has 0 fully saturated rings. The van der Waals surface area contributed by atoms with Gasteiger partial charge in [0.2, 0.25) is 0 Å². The standard InChI is InChI=1S/C10H9N2O4/c13-6-7-5-10(12(15)16)8-3-1-2-4-9(8)11(7)14/h1-5,7,13H,6H2/q+1. The number of nitro groups is 1. The Morgan fingerprint density at radius 1 is 1.44 bits per heavy atom. The van der Waals surface area contributed by atoms with Gasteiger partial charge in [-0.25, -0.2) is 0 Å². The Balaban J connectivity index is 2.62. The van der Waals surface area contributed by atoms with Crippen molar-refractivity contribution in [2.75, 3.05) is 6.61 Å². The lowest BCUT2D eigenvalue weighted by Gasteiger charge is -2.09. The third-order valence-electron chi connectivity index (χ3n) is 2.45. The average Bonchev–Trinajstić information content (AvgIpc) is 2.29. The van der Waals surface area contributed by atoms with Crippen LogP contribution in [0.2, 0.25) is 0 Å². The van der Waals surface area contributed by atoms with E-state index in [-0.39, 0.29) is 16.9 Å². The first kappa shape index (κ1) is 10.4. The molecule has 1 unspecified atom stereocenters. The zero-order chi connectivity index (χ0) is 11.7. The van der Waals surface area contributed by atoms with Crippen LogP contribution in [0.3, 0.4) is 0 Å². The molecule has 1 aromatic carbocycles. The number of nitroso groups, excluding NO2 is 1. The van der Waals surface area contributed by atoms with Gasteiger partial charge >= 0.3 is 0 Å². The van der Waals surface area contributed by atoms with Crippen molar-refractivity contribution in [3.05, 3.63) is 50.9 Å². The molecule has 0 spiro atoms. The van der Waals surface area contributed by atoms with E-state index in [0.717, 1.165) is 0 Å². The number of rotatable bonds is 2. The molecule has 0 saturated carbocycles. The quantitative estimate of drug-likeness (QED) is 0.460. The fraction of sp³-hybridized carbons (Fsp3) is 0.200. The van der Waals surface area contributed by atoms with Crippen molar-refractivity contribution in [1.29, 1.82) is 0 Å². The highest BCUT2D eigenvalue weighted by Gasteiger charge is 2.39. The molecule has 6 nitrogen and oxygen atoms in total. The van der Waals surface area contributed by atoms with Crippen molar-refractivity contribution in [2.45, 2.75) is 6.04 Å². The van der Waals surface area contributed by atoms with E-state index in [4.69, 9.17) is 5.11 Å². The van der Waals surface area contributed by atoms with Crippen molar-refractivity contribution in [1.82, 2.24) is 0 Å². The predicted octanol–water partition coefficient (Wildman–Crippen LogP) is 1.09. The molecule has 82 valence electrons. The average molecular weight is 221 g/mol. The van der Waals surface area contributed by atoms with Crippen LogP contribution in [-0.4, -0.2) is 27.4 Å². The van der Waals surface area contributed by atoms with Crippen LogP contribution in [0.4, 0.5) is 5.69 Å². The zero-order valence-corrected chi connectivity index (χ0v) is 8.24. The molecule has 1 aliphatic rings. The predicted molar refractivity (Wildman–Crippen MR) is 55.6 cm³/mol. The molecule has 1 N–H and O–H groups in total. The highest BCUT2D eigenvalue weighted by molar-refractivity contribution is 5.69. The van der Waals surface area contributed by atoms with Crippen molar-refractivity contribution in [3.8, 4) is 0 Å². The second-order valence-electron chi connectivity index (χ2n) is 3.40. The summed E-state index contributed by atoms with van der Waals surface area (Å²) in [6.45, 7) is -0.449. The molecule has 0 bridgehead atoms. The summed E-state index contributed by atoms with van der Waals surface area (Å²) in [7, 11) is 0. The zero-order valence-electron chi connectivity index (χ0n) is 8.24. The topological polar surface area (TPSA) is 83.5 Å². The van der Waals surface area contributed by atoms with Crippen molar-refractivity contribution in [2.24, 2.45) is 0 Å². The molecule has 1 aliphatic heterocycles. The first-order valence-electron chi connectivity index (χ1n) is 4.68. The smallest absolute Gasteiger partial charge is 0.286 e. The van der Waals surface area contributed by atoms with Crippen LogP contribution in [0.25, 0.3) is 5.70 Å². The monoisotopic (exact) mass is 221 g/mol. The largest absolute Gasteiger partial charge is 0.389 e. The first-order valence-corrected chi connectivity index (χ1v) is 4.68. The maximum Gasteiger partial charge on any atom is 0.286 e. The van der Waals surface area contributed by atoms with Gasteiger partial charge in [-0.1, -0.05) is 12.1 Å². The Morgan fingerprint density at radius 3 is 2.75 bits per heavy atom. The lowest BCUT2D eigenvalue weighted by atomic mass is 10.0. The van der Waals surface area contributed by atoms with Gasteiger partial charge in [0.1, 0.15) is 12.2 Å². The van der Waals surface area contributed by atoms with Gasteiger partial charge in [0.15, 0.2) is 0 Å².